The molecule has 0 unspecified atom stereocenters. The summed E-state index contributed by atoms with van der Waals surface area (Å²) < 4.78 is 1.83. The summed E-state index contributed by atoms with van der Waals surface area (Å²) in [6.45, 7) is 3.28. The predicted octanol–water partition coefficient (Wildman–Crippen LogP) is 3.00. The third kappa shape index (κ3) is 4.54. The Morgan fingerprint density at radius 2 is 1.93 bits per heavy atom. The summed E-state index contributed by atoms with van der Waals surface area (Å²) >= 11 is 3.11. The topological polar surface area (TPSA) is 58.4 Å². The molecule has 3 heterocycles. The van der Waals surface area contributed by atoms with E-state index >= 15 is 0 Å². The van der Waals surface area contributed by atoms with E-state index in [1.54, 1.807) is 11.3 Å². The zero-order chi connectivity index (χ0) is 20.4. The van der Waals surface area contributed by atoms with Crippen molar-refractivity contribution < 1.29 is 4.79 Å². The van der Waals surface area contributed by atoms with Crippen molar-refractivity contribution in [2.24, 2.45) is 0 Å². The number of hydrogen-bond donors (Lipinski definition) is 0. The SMILES string of the molecule is CN(C)CCCn1c(SCC(=O)N2CCCC2)nc2sc3c(c2c1=O)CCCC3. The molecule has 1 aliphatic heterocycles. The smallest absolute Gasteiger partial charge is 0.263 e. The minimum Gasteiger partial charge on any atom is -0.342 e. The minimum atomic E-state index is 0.0873. The molecular weight excluding hydrogens is 404 g/mol. The number of fused-ring (bicyclic) bond motifs is 3. The molecule has 29 heavy (non-hydrogen) atoms. The number of amides is 1. The van der Waals surface area contributed by atoms with Gasteiger partial charge in [-0.25, -0.2) is 4.98 Å². The fourth-order valence-electron chi connectivity index (χ4n) is 4.26. The lowest BCUT2D eigenvalue weighted by Crippen LogP contribution is -2.30. The van der Waals surface area contributed by atoms with Crippen LogP contribution in [0.1, 0.15) is 42.5 Å². The van der Waals surface area contributed by atoms with Crippen LogP contribution < -0.4 is 5.56 Å². The van der Waals surface area contributed by atoms with Crippen LogP contribution in [0, 0.1) is 0 Å². The number of carbonyl (C=O) groups is 1. The number of aryl methyl sites for hydroxylation is 2. The maximum Gasteiger partial charge on any atom is 0.263 e. The van der Waals surface area contributed by atoms with Crippen molar-refractivity contribution in [3.8, 4) is 0 Å². The Labute approximate surface area is 180 Å². The standard InChI is InChI=1S/C21H30N4O2S2/c1-23(2)10-7-13-25-20(27)18-15-8-3-4-9-16(15)29-19(18)22-21(25)28-14-17(26)24-11-5-6-12-24/h3-14H2,1-2H3. The molecule has 2 aromatic heterocycles. The number of aromatic nitrogens is 2. The van der Waals surface area contributed by atoms with E-state index < -0.39 is 0 Å². The highest BCUT2D eigenvalue weighted by atomic mass is 32.2. The van der Waals surface area contributed by atoms with Gasteiger partial charge in [0.25, 0.3) is 5.56 Å². The number of carbonyl (C=O) groups excluding carboxylic acids is 1. The third-order valence-electron chi connectivity index (χ3n) is 5.81. The molecule has 6 nitrogen and oxygen atoms in total. The lowest BCUT2D eigenvalue weighted by Gasteiger charge is -2.17. The van der Waals surface area contributed by atoms with E-state index in [-0.39, 0.29) is 11.5 Å². The van der Waals surface area contributed by atoms with Crippen LogP contribution in [0.25, 0.3) is 10.2 Å². The van der Waals surface area contributed by atoms with Crippen molar-refractivity contribution >= 4 is 39.2 Å². The monoisotopic (exact) mass is 434 g/mol. The molecule has 4 rings (SSSR count). The molecule has 0 aromatic carbocycles. The number of nitrogens with zero attached hydrogens (tertiary/aromatic N) is 4. The van der Waals surface area contributed by atoms with Crippen molar-refractivity contribution in [2.75, 3.05) is 39.5 Å². The fourth-order valence-corrected chi connectivity index (χ4v) is 6.49. The average molecular weight is 435 g/mol. The normalized spacial score (nSPS) is 16.7. The average Bonchev–Trinajstić information content (AvgIpc) is 3.35. The van der Waals surface area contributed by atoms with Crippen molar-refractivity contribution in [2.45, 2.75) is 56.6 Å². The molecule has 0 atom stereocenters. The summed E-state index contributed by atoms with van der Waals surface area (Å²) in [5.41, 5.74) is 1.32. The predicted molar refractivity (Wildman–Crippen MR) is 120 cm³/mol. The van der Waals surface area contributed by atoms with Gasteiger partial charge in [0.2, 0.25) is 5.91 Å². The van der Waals surface area contributed by atoms with E-state index in [4.69, 9.17) is 4.98 Å². The fraction of sp³-hybridized carbons (Fsp3) is 0.667. The largest absolute Gasteiger partial charge is 0.342 e. The van der Waals surface area contributed by atoms with Gasteiger partial charge in [-0.1, -0.05) is 11.8 Å². The molecule has 0 radical (unpaired) electrons. The van der Waals surface area contributed by atoms with Crippen molar-refractivity contribution in [3.63, 3.8) is 0 Å². The summed E-state index contributed by atoms with van der Waals surface area (Å²) in [6.07, 6.45) is 7.48. The van der Waals surface area contributed by atoms with Gasteiger partial charge in [-0.15, -0.1) is 11.3 Å². The first-order chi connectivity index (χ1) is 14.0. The first-order valence-electron chi connectivity index (χ1n) is 10.6. The number of rotatable bonds is 7. The summed E-state index contributed by atoms with van der Waals surface area (Å²) in [6, 6.07) is 0. The molecular formula is C21H30N4O2S2. The van der Waals surface area contributed by atoms with Gasteiger partial charge in [0.1, 0.15) is 4.83 Å². The molecule has 2 aromatic rings. The van der Waals surface area contributed by atoms with Crippen molar-refractivity contribution in [1.29, 1.82) is 0 Å². The molecule has 0 N–H and O–H groups in total. The maximum atomic E-state index is 13.5. The van der Waals surface area contributed by atoms with Crippen LogP contribution in [0.5, 0.6) is 0 Å². The molecule has 1 saturated heterocycles. The summed E-state index contributed by atoms with van der Waals surface area (Å²) in [7, 11) is 4.09. The number of thioether (sulfide) groups is 1. The molecule has 1 fully saturated rings. The van der Waals surface area contributed by atoms with E-state index in [2.05, 4.69) is 4.90 Å². The molecule has 0 bridgehead atoms. The molecule has 1 aliphatic carbocycles. The van der Waals surface area contributed by atoms with Gasteiger partial charge in [0.15, 0.2) is 5.16 Å². The number of thiophene rings is 1. The molecule has 8 heteroatoms. The second kappa shape index (κ2) is 9.18. The first-order valence-corrected chi connectivity index (χ1v) is 12.4. The summed E-state index contributed by atoms with van der Waals surface area (Å²) in [4.78, 5) is 37.2. The van der Waals surface area contributed by atoms with Gasteiger partial charge in [0, 0.05) is 24.5 Å². The van der Waals surface area contributed by atoms with E-state index in [1.807, 2.05) is 23.6 Å². The van der Waals surface area contributed by atoms with Crippen LogP contribution in [0.15, 0.2) is 9.95 Å². The Bertz CT molecular complexity index is 944. The molecule has 0 saturated carbocycles. The van der Waals surface area contributed by atoms with Gasteiger partial charge in [-0.05, 0) is 71.1 Å². The Morgan fingerprint density at radius 1 is 1.17 bits per heavy atom. The van der Waals surface area contributed by atoms with Crippen LogP contribution in [-0.2, 0) is 24.2 Å². The Hall–Kier alpha value is -1.38. The van der Waals surface area contributed by atoms with Crippen LogP contribution in [0.3, 0.4) is 0 Å². The quantitative estimate of drug-likeness (QED) is 0.495. The minimum absolute atomic E-state index is 0.0873. The highest BCUT2D eigenvalue weighted by Gasteiger charge is 2.23. The van der Waals surface area contributed by atoms with Gasteiger partial charge < -0.3 is 9.80 Å². The Balaban J connectivity index is 1.64. The van der Waals surface area contributed by atoms with Crippen LogP contribution in [0.4, 0.5) is 0 Å². The van der Waals surface area contributed by atoms with Crippen molar-refractivity contribution in [1.82, 2.24) is 19.4 Å². The lowest BCUT2D eigenvalue weighted by molar-refractivity contribution is -0.127. The second-order valence-corrected chi connectivity index (χ2v) is 10.3. The third-order valence-corrected chi connectivity index (χ3v) is 7.96. The molecule has 0 spiro atoms. The van der Waals surface area contributed by atoms with E-state index in [1.165, 1.54) is 28.6 Å². The maximum absolute atomic E-state index is 13.5. The zero-order valence-electron chi connectivity index (χ0n) is 17.4. The van der Waals surface area contributed by atoms with Crippen molar-refractivity contribution in [3.05, 3.63) is 20.8 Å². The van der Waals surface area contributed by atoms with Crippen LogP contribution in [0.2, 0.25) is 0 Å². The zero-order valence-corrected chi connectivity index (χ0v) is 19.0. The molecule has 1 amide bonds. The highest BCUT2D eigenvalue weighted by molar-refractivity contribution is 7.99. The van der Waals surface area contributed by atoms with Gasteiger partial charge in [0.05, 0.1) is 11.1 Å². The lowest BCUT2D eigenvalue weighted by atomic mass is 9.97. The van der Waals surface area contributed by atoms with Gasteiger partial charge in [-0.3, -0.25) is 14.2 Å². The van der Waals surface area contributed by atoms with E-state index in [0.29, 0.717) is 17.5 Å². The molecule has 158 valence electrons. The Morgan fingerprint density at radius 3 is 2.69 bits per heavy atom. The van der Waals surface area contributed by atoms with E-state index in [9.17, 15) is 9.59 Å². The number of likely N-dealkylation sites (tertiary alicyclic amines) is 1. The van der Waals surface area contributed by atoms with Gasteiger partial charge in [-0.2, -0.15) is 0 Å². The molecule has 2 aliphatic rings. The summed E-state index contributed by atoms with van der Waals surface area (Å²) in [5.74, 6) is 0.517. The van der Waals surface area contributed by atoms with Crippen LogP contribution >= 0.6 is 23.1 Å². The highest BCUT2D eigenvalue weighted by Crippen LogP contribution is 2.34. The number of hydrogen-bond acceptors (Lipinski definition) is 6. The summed E-state index contributed by atoms with van der Waals surface area (Å²) in [5, 5.41) is 1.54. The second-order valence-electron chi connectivity index (χ2n) is 8.28. The Kier molecular flexibility index (Phi) is 6.61. The van der Waals surface area contributed by atoms with Crippen LogP contribution in [-0.4, -0.2) is 64.7 Å². The first kappa shape index (κ1) is 20.9. The van der Waals surface area contributed by atoms with Gasteiger partial charge >= 0.3 is 0 Å². The van der Waals surface area contributed by atoms with E-state index in [0.717, 1.165) is 68.4 Å².